The second-order valence-corrected chi connectivity index (χ2v) is 9.82. The maximum Gasteiger partial charge on any atom is 0.190 e. The quantitative estimate of drug-likeness (QED) is 0.513. The van der Waals surface area contributed by atoms with E-state index < -0.39 is 0 Å². The van der Waals surface area contributed by atoms with E-state index in [1.165, 1.54) is 15.8 Å². The molecule has 0 bridgehead atoms. The van der Waals surface area contributed by atoms with Crippen LogP contribution in [0.25, 0.3) is 10.2 Å². The fourth-order valence-electron chi connectivity index (χ4n) is 3.68. The van der Waals surface area contributed by atoms with Crippen LogP contribution in [0.15, 0.2) is 5.16 Å². The summed E-state index contributed by atoms with van der Waals surface area (Å²) >= 11 is 3.51. The predicted molar refractivity (Wildman–Crippen MR) is 113 cm³/mol. The topological polar surface area (TPSA) is 56.3 Å². The highest BCUT2D eigenvalue weighted by Gasteiger charge is 2.33. The van der Waals surface area contributed by atoms with Gasteiger partial charge in [-0.2, -0.15) is 0 Å². The number of thioether (sulfide) groups is 1. The molecule has 1 N–H and O–H groups in total. The average Bonchev–Trinajstić information content (AvgIpc) is 3.31. The first-order valence-electron chi connectivity index (χ1n) is 10.1. The van der Waals surface area contributed by atoms with E-state index in [0.717, 1.165) is 66.8 Å². The molecule has 1 fully saturated rings. The standard InChI is InChI=1S/C20H29N3O2S2/c1-4-9-26-19-22-17(21-11-13-7-6-8-24-13)16-14-10-20(3,5-2)25-12-15(14)27-18(16)23-19/h13H,4-12H2,1-3H3,(H,21,22,23)/t13-,20+/m0/s1. The van der Waals surface area contributed by atoms with Gasteiger partial charge in [0.05, 0.1) is 23.7 Å². The lowest BCUT2D eigenvalue weighted by Gasteiger charge is -2.33. The molecule has 4 heterocycles. The normalized spacial score (nSPS) is 25.1. The number of nitrogens with one attached hydrogen (secondary N) is 1. The number of thiophene rings is 1. The van der Waals surface area contributed by atoms with Crippen LogP contribution in [0.2, 0.25) is 0 Å². The van der Waals surface area contributed by atoms with Crippen LogP contribution in [0, 0.1) is 0 Å². The Labute approximate surface area is 169 Å². The lowest BCUT2D eigenvalue weighted by atomic mass is 9.90. The molecule has 0 spiro atoms. The van der Waals surface area contributed by atoms with Crippen molar-refractivity contribution in [3.63, 3.8) is 0 Å². The molecule has 27 heavy (non-hydrogen) atoms. The molecule has 2 atom stereocenters. The molecule has 4 rings (SSSR count). The fraction of sp³-hybridized carbons (Fsp3) is 0.700. The van der Waals surface area contributed by atoms with Gasteiger partial charge in [-0.05, 0) is 38.2 Å². The minimum Gasteiger partial charge on any atom is -0.376 e. The molecular formula is C20H29N3O2S2. The maximum atomic E-state index is 6.16. The SMILES string of the molecule is CCCSc1nc(NC[C@@H]2CCCO2)c2c3c(sc2n1)CO[C@](C)(CC)C3. The molecule has 2 aliphatic heterocycles. The molecule has 0 unspecified atom stereocenters. The largest absolute Gasteiger partial charge is 0.376 e. The Balaban J connectivity index is 1.70. The minimum absolute atomic E-state index is 0.0948. The number of rotatable bonds is 7. The Morgan fingerprint density at radius 3 is 2.96 bits per heavy atom. The lowest BCUT2D eigenvalue weighted by Crippen LogP contribution is -2.34. The van der Waals surface area contributed by atoms with Gasteiger partial charge >= 0.3 is 0 Å². The predicted octanol–water partition coefficient (Wildman–Crippen LogP) is 5.03. The van der Waals surface area contributed by atoms with E-state index in [1.807, 2.05) is 0 Å². The molecule has 0 amide bonds. The number of nitrogens with zero attached hydrogens (tertiary/aromatic N) is 2. The van der Waals surface area contributed by atoms with Crippen LogP contribution < -0.4 is 5.32 Å². The molecular weight excluding hydrogens is 378 g/mol. The van der Waals surface area contributed by atoms with Crippen LogP contribution in [0.5, 0.6) is 0 Å². The number of hydrogen-bond donors (Lipinski definition) is 1. The first kappa shape index (κ1) is 19.4. The van der Waals surface area contributed by atoms with Crippen molar-refractivity contribution in [1.29, 1.82) is 0 Å². The smallest absolute Gasteiger partial charge is 0.190 e. The molecule has 0 aliphatic carbocycles. The Bertz CT molecular complexity index is 804. The highest BCUT2D eigenvalue weighted by molar-refractivity contribution is 7.99. The van der Waals surface area contributed by atoms with Crippen LogP contribution >= 0.6 is 23.1 Å². The Kier molecular flexibility index (Phi) is 5.92. The number of fused-ring (bicyclic) bond motifs is 3. The third-order valence-corrected chi connectivity index (χ3v) is 7.67. The van der Waals surface area contributed by atoms with Gasteiger partial charge in [-0.1, -0.05) is 25.6 Å². The first-order chi connectivity index (χ1) is 13.1. The van der Waals surface area contributed by atoms with Crippen molar-refractivity contribution in [2.75, 3.05) is 24.2 Å². The highest BCUT2D eigenvalue weighted by atomic mass is 32.2. The summed E-state index contributed by atoms with van der Waals surface area (Å²) in [5.41, 5.74) is 1.29. The van der Waals surface area contributed by atoms with Gasteiger partial charge < -0.3 is 14.8 Å². The number of hydrogen-bond acceptors (Lipinski definition) is 7. The van der Waals surface area contributed by atoms with Gasteiger partial charge in [-0.25, -0.2) is 9.97 Å². The van der Waals surface area contributed by atoms with Crippen molar-refractivity contribution >= 4 is 39.1 Å². The van der Waals surface area contributed by atoms with E-state index in [9.17, 15) is 0 Å². The summed E-state index contributed by atoms with van der Waals surface area (Å²) < 4.78 is 12.0. The fourth-order valence-corrected chi connectivity index (χ4v) is 5.54. The Morgan fingerprint density at radius 1 is 1.33 bits per heavy atom. The Hall–Kier alpha value is -0.890. The minimum atomic E-state index is -0.0948. The van der Waals surface area contributed by atoms with E-state index >= 15 is 0 Å². The third kappa shape index (κ3) is 4.11. The van der Waals surface area contributed by atoms with E-state index in [4.69, 9.17) is 19.4 Å². The Morgan fingerprint density at radius 2 is 2.22 bits per heavy atom. The van der Waals surface area contributed by atoms with Gasteiger partial charge in [0.25, 0.3) is 0 Å². The van der Waals surface area contributed by atoms with E-state index in [0.29, 0.717) is 12.7 Å². The first-order valence-corrected chi connectivity index (χ1v) is 11.9. The number of aromatic nitrogens is 2. The van der Waals surface area contributed by atoms with Crippen LogP contribution in [0.4, 0.5) is 5.82 Å². The van der Waals surface area contributed by atoms with Gasteiger partial charge in [0, 0.05) is 30.2 Å². The van der Waals surface area contributed by atoms with Crippen molar-refractivity contribution in [1.82, 2.24) is 9.97 Å². The summed E-state index contributed by atoms with van der Waals surface area (Å²) in [7, 11) is 0. The summed E-state index contributed by atoms with van der Waals surface area (Å²) in [6, 6.07) is 0. The van der Waals surface area contributed by atoms with E-state index in [-0.39, 0.29) is 5.60 Å². The lowest BCUT2D eigenvalue weighted by molar-refractivity contribution is -0.0542. The zero-order chi connectivity index (χ0) is 18.9. The molecule has 7 heteroatoms. The molecule has 148 valence electrons. The van der Waals surface area contributed by atoms with Crippen LogP contribution in [0.3, 0.4) is 0 Å². The van der Waals surface area contributed by atoms with Gasteiger partial charge in [0.15, 0.2) is 5.16 Å². The summed E-state index contributed by atoms with van der Waals surface area (Å²) in [4.78, 5) is 12.2. The van der Waals surface area contributed by atoms with Gasteiger partial charge in [-0.3, -0.25) is 0 Å². The van der Waals surface area contributed by atoms with E-state index in [1.54, 1.807) is 23.1 Å². The molecule has 1 saturated heterocycles. The van der Waals surface area contributed by atoms with Crippen LogP contribution in [-0.4, -0.2) is 40.6 Å². The van der Waals surface area contributed by atoms with Crippen molar-refractivity contribution in [3.8, 4) is 0 Å². The average molecular weight is 408 g/mol. The van der Waals surface area contributed by atoms with Gasteiger partial charge in [-0.15, -0.1) is 11.3 Å². The van der Waals surface area contributed by atoms with E-state index in [2.05, 4.69) is 26.1 Å². The summed E-state index contributed by atoms with van der Waals surface area (Å²) in [5, 5.41) is 5.68. The monoisotopic (exact) mass is 407 g/mol. The molecule has 0 aromatic carbocycles. The third-order valence-electron chi connectivity index (χ3n) is 5.52. The van der Waals surface area contributed by atoms with Crippen molar-refractivity contribution < 1.29 is 9.47 Å². The zero-order valence-corrected chi connectivity index (χ0v) is 18.1. The molecule has 5 nitrogen and oxygen atoms in total. The molecule has 2 aliphatic rings. The molecule has 0 radical (unpaired) electrons. The van der Waals surface area contributed by atoms with Crippen LogP contribution in [-0.2, 0) is 22.5 Å². The molecule has 2 aromatic rings. The highest BCUT2D eigenvalue weighted by Crippen LogP contribution is 2.42. The van der Waals surface area contributed by atoms with Gasteiger partial charge in [0.1, 0.15) is 10.6 Å². The van der Waals surface area contributed by atoms with Gasteiger partial charge in [0.2, 0.25) is 0 Å². The van der Waals surface area contributed by atoms with Crippen molar-refractivity contribution in [2.24, 2.45) is 0 Å². The number of anilines is 1. The number of ether oxygens (including phenoxy) is 2. The maximum absolute atomic E-state index is 6.16. The molecule has 0 saturated carbocycles. The molecule has 2 aromatic heterocycles. The second-order valence-electron chi connectivity index (χ2n) is 7.67. The van der Waals surface area contributed by atoms with Crippen molar-refractivity contribution in [2.45, 2.75) is 76.3 Å². The van der Waals surface area contributed by atoms with Crippen LogP contribution in [0.1, 0.15) is 56.9 Å². The summed E-state index contributed by atoms with van der Waals surface area (Å²) in [6.07, 6.45) is 5.63. The zero-order valence-electron chi connectivity index (χ0n) is 16.5. The summed E-state index contributed by atoms with van der Waals surface area (Å²) in [6.45, 7) is 8.98. The summed E-state index contributed by atoms with van der Waals surface area (Å²) in [5.74, 6) is 2.02. The second kappa shape index (κ2) is 8.23. The van der Waals surface area contributed by atoms with Crippen molar-refractivity contribution in [3.05, 3.63) is 10.4 Å².